The van der Waals surface area contributed by atoms with Gasteiger partial charge >= 0.3 is 0 Å². The van der Waals surface area contributed by atoms with Crippen LogP contribution in [-0.2, 0) is 11.8 Å². The first kappa shape index (κ1) is 19.1. The van der Waals surface area contributed by atoms with Gasteiger partial charge in [0.25, 0.3) is 5.56 Å². The van der Waals surface area contributed by atoms with Crippen molar-refractivity contribution in [3.05, 3.63) is 70.5 Å². The van der Waals surface area contributed by atoms with Gasteiger partial charge in [0.2, 0.25) is 5.95 Å². The Balaban J connectivity index is 1.66. The molecule has 0 saturated carbocycles. The highest BCUT2D eigenvalue weighted by Crippen LogP contribution is 2.29. The van der Waals surface area contributed by atoms with E-state index in [2.05, 4.69) is 4.98 Å². The molecule has 1 saturated heterocycles. The molecule has 7 nitrogen and oxygen atoms in total. The molecule has 1 aromatic carbocycles. The molecule has 1 aliphatic heterocycles. The monoisotopic (exact) mass is 396 g/mol. The van der Waals surface area contributed by atoms with E-state index in [1.54, 1.807) is 43.7 Å². The third-order valence-corrected chi connectivity index (χ3v) is 4.99. The van der Waals surface area contributed by atoms with Gasteiger partial charge in [-0.3, -0.25) is 14.3 Å². The predicted molar refractivity (Wildman–Crippen MR) is 107 cm³/mol. The number of hydrogen-bond donors (Lipinski definition) is 0. The summed E-state index contributed by atoms with van der Waals surface area (Å²) in [6, 6.07) is 9.83. The van der Waals surface area contributed by atoms with Gasteiger partial charge in [-0.15, -0.1) is 0 Å². The van der Waals surface area contributed by atoms with Gasteiger partial charge in [0.15, 0.2) is 0 Å². The molecule has 0 spiro atoms. The molecule has 0 N–H and O–H groups in total. The van der Waals surface area contributed by atoms with Crippen LogP contribution in [0.15, 0.2) is 53.6 Å². The number of benzene rings is 1. The van der Waals surface area contributed by atoms with E-state index in [0.717, 1.165) is 5.56 Å². The molecule has 3 aromatic rings. The fourth-order valence-corrected chi connectivity index (χ4v) is 3.40. The number of anilines is 1. The largest absolute Gasteiger partial charge is 0.497 e. The quantitative estimate of drug-likeness (QED) is 0.675. The highest BCUT2D eigenvalue weighted by molar-refractivity contribution is 5.59. The Kier molecular flexibility index (Phi) is 5.26. The SMILES string of the molecule is COc1ccc(C2CN(c3nc(-c4ccncc4)cc(=O)n3C)CCO2)c(F)c1. The lowest BCUT2D eigenvalue weighted by Crippen LogP contribution is -2.42. The van der Waals surface area contributed by atoms with Crippen molar-refractivity contribution in [2.24, 2.45) is 7.05 Å². The second-order valence-electron chi connectivity index (χ2n) is 6.77. The molecule has 0 bridgehead atoms. The topological polar surface area (TPSA) is 69.5 Å². The van der Waals surface area contributed by atoms with Crippen molar-refractivity contribution in [1.82, 2.24) is 14.5 Å². The molecule has 4 rings (SSSR count). The molecule has 1 unspecified atom stereocenters. The maximum atomic E-state index is 14.5. The lowest BCUT2D eigenvalue weighted by atomic mass is 10.1. The maximum Gasteiger partial charge on any atom is 0.255 e. The second-order valence-corrected chi connectivity index (χ2v) is 6.77. The van der Waals surface area contributed by atoms with Crippen molar-refractivity contribution in [1.29, 1.82) is 0 Å². The van der Waals surface area contributed by atoms with E-state index in [1.807, 2.05) is 4.90 Å². The summed E-state index contributed by atoms with van der Waals surface area (Å²) in [6.45, 7) is 1.32. The summed E-state index contributed by atoms with van der Waals surface area (Å²) in [5, 5.41) is 0. The van der Waals surface area contributed by atoms with Gasteiger partial charge in [-0.25, -0.2) is 9.37 Å². The van der Waals surface area contributed by atoms with Crippen LogP contribution in [-0.4, -0.2) is 41.3 Å². The van der Waals surface area contributed by atoms with Crippen molar-refractivity contribution >= 4 is 5.95 Å². The van der Waals surface area contributed by atoms with E-state index >= 15 is 0 Å². The van der Waals surface area contributed by atoms with Crippen LogP contribution in [0.2, 0.25) is 0 Å². The average molecular weight is 396 g/mol. The molecule has 29 heavy (non-hydrogen) atoms. The van der Waals surface area contributed by atoms with E-state index < -0.39 is 6.10 Å². The van der Waals surface area contributed by atoms with Crippen LogP contribution in [0, 0.1) is 5.82 Å². The molecule has 3 heterocycles. The van der Waals surface area contributed by atoms with Crippen LogP contribution in [0.5, 0.6) is 5.75 Å². The Hall–Kier alpha value is -3.26. The van der Waals surface area contributed by atoms with Crippen molar-refractivity contribution in [3.8, 4) is 17.0 Å². The second kappa shape index (κ2) is 8.00. The average Bonchev–Trinajstić information content (AvgIpc) is 2.76. The molecule has 150 valence electrons. The van der Waals surface area contributed by atoms with Crippen molar-refractivity contribution < 1.29 is 13.9 Å². The number of nitrogens with zero attached hydrogens (tertiary/aromatic N) is 4. The van der Waals surface area contributed by atoms with Crippen molar-refractivity contribution in [2.75, 3.05) is 31.7 Å². The normalized spacial score (nSPS) is 16.7. The molecule has 0 aliphatic carbocycles. The summed E-state index contributed by atoms with van der Waals surface area (Å²) in [5.41, 5.74) is 1.67. The summed E-state index contributed by atoms with van der Waals surface area (Å²) in [5.74, 6) is 0.586. The third-order valence-electron chi connectivity index (χ3n) is 4.99. The standard InChI is InChI=1S/C21H21FN4O3/c1-25-20(27)12-18(14-5-7-23-8-6-14)24-21(25)26-9-10-29-19(13-26)16-4-3-15(28-2)11-17(16)22/h3-8,11-12,19H,9-10,13H2,1-2H3. The van der Waals surface area contributed by atoms with Crippen molar-refractivity contribution in [3.63, 3.8) is 0 Å². The van der Waals surface area contributed by atoms with Gasteiger partial charge in [-0.1, -0.05) is 0 Å². The lowest BCUT2D eigenvalue weighted by molar-refractivity contribution is 0.0367. The summed E-state index contributed by atoms with van der Waals surface area (Å²) in [6.07, 6.45) is 2.84. The Labute approximate surface area is 167 Å². The zero-order valence-electron chi connectivity index (χ0n) is 16.2. The van der Waals surface area contributed by atoms with Gasteiger partial charge in [0.1, 0.15) is 17.7 Å². The number of aromatic nitrogens is 3. The van der Waals surface area contributed by atoms with E-state index in [4.69, 9.17) is 14.5 Å². The van der Waals surface area contributed by atoms with E-state index in [-0.39, 0.29) is 11.4 Å². The fraction of sp³-hybridized carbons (Fsp3) is 0.286. The number of halogens is 1. The molecular weight excluding hydrogens is 375 g/mol. The minimum Gasteiger partial charge on any atom is -0.497 e. The molecule has 0 radical (unpaired) electrons. The molecule has 2 aromatic heterocycles. The zero-order chi connectivity index (χ0) is 20.4. The molecule has 1 atom stereocenters. The Morgan fingerprint density at radius 2 is 2.00 bits per heavy atom. The molecule has 1 aliphatic rings. The number of hydrogen-bond acceptors (Lipinski definition) is 6. The van der Waals surface area contributed by atoms with Gasteiger partial charge in [0.05, 0.1) is 26.0 Å². The van der Waals surface area contributed by atoms with E-state index in [1.165, 1.54) is 23.8 Å². The summed E-state index contributed by atoms with van der Waals surface area (Å²) in [7, 11) is 3.18. The minimum absolute atomic E-state index is 0.166. The van der Waals surface area contributed by atoms with E-state index in [9.17, 15) is 9.18 Å². The number of methoxy groups -OCH3 is 1. The van der Waals surface area contributed by atoms with Crippen LogP contribution < -0.4 is 15.2 Å². The van der Waals surface area contributed by atoms with E-state index in [0.29, 0.717) is 42.7 Å². The Morgan fingerprint density at radius 1 is 1.21 bits per heavy atom. The maximum absolute atomic E-state index is 14.5. The van der Waals surface area contributed by atoms with Crippen LogP contribution in [0.1, 0.15) is 11.7 Å². The molecule has 0 amide bonds. The van der Waals surface area contributed by atoms with Gasteiger partial charge in [0, 0.05) is 49.2 Å². The van der Waals surface area contributed by atoms with Crippen LogP contribution >= 0.6 is 0 Å². The zero-order valence-corrected chi connectivity index (χ0v) is 16.2. The van der Waals surface area contributed by atoms with Crippen molar-refractivity contribution in [2.45, 2.75) is 6.10 Å². The highest BCUT2D eigenvalue weighted by atomic mass is 19.1. The number of ether oxygens (including phenoxy) is 2. The fourth-order valence-electron chi connectivity index (χ4n) is 3.40. The van der Waals surface area contributed by atoms with Gasteiger partial charge in [-0.2, -0.15) is 0 Å². The Bertz CT molecular complexity index is 1070. The van der Waals surface area contributed by atoms with Crippen LogP contribution in [0.3, 0.4) is 0 Å². The first-order valence-electron chi connectivity index (χ1n) is 9.25. The minimum atomic E-state index is -0.476. The number of rotatable bonds is 4. The lowest BCUT2D eigenvalue weighted by Gasteiger charge is -2.34. The summed E-state index contributed by atoms with van der Waals surface area (Å²) >= 11 is 0. The Morgan fingerprint density at radius 3 is 2.72 bits per heavy atom. The third kappa shape index (κ3) is 3.84. The first-order valence-corrected chi connectivity index (χ1v) is 9.25. The highest BCUT2D eigenvalue weighted by Gasteiger charge is 2.27. The number of pyridine rings is 1. The number of morpholine rings is 1. The smallest absolute Gasteiger partial charge is 0.255 e. The molecular formula is C21H21FN4O3. The molecule has 8 heteroatoms. The van der Waals surface area contributed by atoms with Crippen LogP contribution in [0.25, 0.3) is 11.3 Å². The van der Waals surface area contributed by atoms with Gasteiger partial charge < -0.3 is 14.4 Å². The molecule has 1 fully saturated rings. The first-order chi connectivity index (χ1) is 14.1. The summed E-state index contributed by atoms with van der Waals surface area (Å²) in [4.78, 5) is 23.2. The van der Waals surface area contributed by atoms with Gasteiger partial charge in [-0.05, 0) is 24.3 Å². The van der Waals surface area contributed by atoms with Crippen LogP contribution in [0.4, 0.5) is 10.3 Å². The predicted octanol–water partition coefficient (Wildman–Crippen LogP) is 2.57. The summed E-state index contributed by atoms with van der Waals surface area (Å²) < 4.78 is 26.9.